The molecule has 22 heavy (non-hydrogen) atoms. The molecule has 1 aromatic heterocycles. The minimum atomic E-state index is -0.457. The van der Waals surface area contributed by atoms with E-state index in [4.69, 9.17) is 4.74 Å². The molecule has 1 amide bonds. The van der Waals surface area contributed by atoms with Gasteiger partial charge in [-0.25, -0.2) is 9.78 Å². The van der Waals surface area contributed by atoms with Crippen LogP contribution >= 0.6 is 0 Å². The lowest BCUT2D eigenvalue weighted by Crippen LogP contribution is -2.50. The van der Waals surface area contributed by atoms with E-state index in [2.05, 4.69) is 15.6 Å². The lowest BCUT2D eigenvalue weighted by molar-refractivity contribution is 0.0475. The van der Waals surface area contributed by atoms with Crippen LogP contribution in [0.25, 0.3) is 0 Å². The Morgan fingerprint density at radius 1 is 1.32 bits per heavy atom. The zero-order valence-corrected chi connectivity index (χ0v) is 14.0. The van der Waals surface area contributed by atoms with Crippen molar-refractivity contribution in [3.63, 3.8) is 0 Å². The Kier molecular flexibility index (Phi) is 4.78. The smallest absolute Gasteiger partial charge is 0.407 e. The molecule has 1 aliphatic rings. The normalized spacial score (nSPS) is 20.8. The molecule has 6 nitrogen and oxygen atoms in total. The van der Waals surface area contributed by atoms with Crippen molar-refractivity contribution in [2.75, 3.05) is 24.3 Å². The van der Waals surface area contributed by atoms with Gasteiger partial charge in [0.25, 0.3) is 0 Å². The quantitative estimate of drug-likeness (QED) is 0.895. The first-order chi connectivity index (χ1) is 10.2. The SMILES string of the molecule is CN(C)c1ncccc1NC1CC(NC(=O)OC(C)(C)C)C1. The van der Waals surface area contributed by atoms with Gasteiger partial charge in [0, 0.05) is 32.4 Å². The van der Waals surface area contributed by atoms with Gasteiger partial charge < -0.3 is 20.3 Å². The van der Waals surface area contributed by atoms with E-state index < -0.39 is 5.60 Å². The zero-order valence-electron chi connectivity index (χ0n) is 14.0. The number of hydrogen-bond donors (Lipinski definition) is 2. The maximum absolute atomic E-state index is 11.7. The van der Waals surface area contributed by atoms with Crippen molar-refractivity contribution in [2.24, 2.45) is 0 Å². The highest BCUT2D eigenvalue weighted by Crippen LogP contribution is 2.28. The van der Waals surface area contributed by atoms with E-state index in [0.29, 0.717) is 6.04 Å². The fraction of sp³-hybridized carbons (Fsp3) is 0.625. The highest BCUT2D eigenvalue weighted by molar-refractivity contribution is 5.68. The van der Waals surface area contributed by atoms with E-state index >= 15 is 0 Å². The van der Waals surface area contributed by atoms with Crippen LogP contribution in [0.1, 0.15) is 33.6 Å². The molecular formula is C16H26N4O2. The second-order valence-electron chi connectivity index (χ2n) is 6.92. The third-order valence-electron chi connectivity index (χ3n) is 3.43. The first-order valence-corrected chi connectivity index (χ1v) is 7.63. The van der Waals surface area contributed by atoms with Gasteiger partial charge in [-0.1, -0.05) is 0 Å². The Morgan fingerprint density at radius 3 is 2.59 bits per heavy atom. The molecule has 0 unspecified atom stereocenters. The van der Waals surface area contributed by atoms with Crippen LogP contribution in [0, 0.1) is 0 Å². The van der Waals surface area contributed by atoms with Gasteiger partial charge in [-0.2, -0.15) is 0 Å². The monoisotopic (exact) mass is 306 g/mol. The molecule has 2 rings (SSSR count). The average molecular weight is 306 g/mol. The van der Waals surface area contributed by atoms with Gasteiger partial charge in [0.05, 0.1) is 5.69 Å². The van der Waals surface area contributed by atoms with Crippen molar-refractivity contribution in [3.8, 4) is 0 Å². The molecule has 2 N–H and O–H groups in total. The summed E-state index contributed by atoms with van der Waals surface area (Å²) < 4.78 is 5.26. The molecule has 0 aromatic carbocycles. The van der Waals surface area contributed by atoms with Crippen LogP contribution in [0.2, 0.25) is 0 Å². The molecule has 1 aromatic rings. The number of hydrogen-bond acceptors (Lipinski definition) is 5. The van der Waals surface area contributed by atoms with Gasteiger partial charge in [0.2, 0.25) is 0 Å². The predicted molar refractivity (Wildman–Crippen MR) is 88.4 cm³/mol. The Labute approximate surface area is 132 Å². The van der Waals surface area contributed by atoms with Crippen molar-refractivity contribution in [2.45, 2.75) is 51.3 Å². The van der Waals surface area contributed by atoms with Gasteiger partial charge in [-0.05, 0) is 45.7 Å². The summed E-state index contributed by atoms with van der Waals surface area (Å²) in [6.07, 6.45) is 3.22. The van der Waals surface area contributed by atoms with Crippen LogP contribution in [-0.4, -0.2) is 42.9 Å². The number of pyridine rings is 1. The number of alkyl carbamates (subject to hydrolysis) is 1. The summed E-state index contributed by atoms with van der Waals surface area (Å²) in [5.74, 6) is 0.922. The molecular weight excluding hydrogens is 280 g/mol. The number of nitrogens with one attached hydrogen (secondary N) is 2. The minimum Gasteiger partial charge on any atom is -0.444 e. The molecule has 0 bridgehead atoms. The number of rotatable bonds is 4. The van der Waals surface area contributed by atoms with E-state index in [0.717, 1.165) is 24.3 Å². The third kappa shape index (κ3) is 4.51. The summed E-state index contributed by atoms with van der Waals surface area (Å²) in [6.45, 7) is 5.59. The summed E-state index contributed by atoms with van der Waals surface area (Å²) in [5, 5.41) is 6.38. The van der Waals surface area contributed by atoms with Crippen LogP contribution < -0.4 is 15.5 Å². The Hall–Kier alpha value is -1.98. The summed E-state index contributed by atoms with van der Waals surface area (Å²) in [6, 6.07) is 4.47. The highest BCUT2D eigenvalue weighted by Gasteiger charge is 2.32. The fourth-order valence-electron chi connectivity index (χ4n) is 2.41. The van der Waals surface area contributed by atoms with E-state index in [1.165, 1.54) is 0 Å². The molecule has 122 valence electrons. The number of carbonyl (C=O) groups is 1. The number of carbonyl (C=O) groups excluding carboxylic acids is 1. The lowest BCUT2D eigenvalue weighted by atomic mass is 9.86. The van der Waals surface area contributed by atoms with Gasteiger partial charge in [0.1, 0.15) is 5.60 Å². The average Bonchev–Trinajstić information content (AvgIpc) is 2.34. The van der Waals surface area contributed by atoms with Crippen molar-refractivity contribution in [1.82, 2.24) is 10.3 Å². The Morgan fingerprint density at radius 2 is 2.00 bits per heavy atom. The molecule has 1 saturated carbocycles. The second-order valence-corrected chi connectivity index (χ2v) is 6.92. The maximum Gasteiger partial charge on any atom is 0.407 e. The summed E-state index contributed by atoms with van der Waals surface area (Å²) in [5.41, 5.74) is 0.565. The third-order valence-corrected chi connectivity index (χ3v) is 3.43. The summed E-state index contributed by atoms with van der Waals surface area (Å²) in [7, 11) is 3.95. The zero-order chi connectivity index (χ0) is 16.3. The van der Waals surface area contributed by atoms with E-state index in [-0.39, 0.29) is 12.1 Å². The van der Waals surface area contributed by atoms with Gasteiger partial charge in [-0.3, -0.25) is 0 Å². The molecule has 0 atom stereocenters. The first kappa shape index (κ1) is 16.4. The molecule has 1 fully saturated rings. The van der Waals surface area contributed by atoms with E-state index in [1.807, 2.05) is 51.9 Å². The molecule has 0 spiro atoms. The van der Waals surface area contributed by atoms with Crippen LogP contribution in [0.3, 0.4) is 0 Å². The van der Waals surface area contributed by atoms with Crippen LogP contribution in [0.4, 0.5) is 16.3 Å². The number of aromatic nitrogens is 1. The number of nitrogens with zero attached hydrogens (tertiary/aromatic N) is 2. The minimum absolute atomic E-state index is 0.173. The Balaban J connectivity index is 1.79. The van der Waals surface area contributed by atoms with Crippen molar-refractivity contribution >= 4 is 17.6 Å². The number of anilines is 2. The molecule has 0 aliphatic heterocycles. The van der Waals surface area contributed by atoms with Crippen molar-refractivity contribution < 1.29 is 9.53 Å². The van der Waals surface area contributed by atoms with E-state index in [9.17, 15) is 4.79 Å². The van der Waals surface area contributed by atoms with Crippen molar-refractivity contribution in [1.29, 1.82) is 0 Å². The van der Waals surface area contributed by atoms with Gasteiger partial charge >= 0.3 is 6.09 Å². The largest absolute Gasteiger partial charge is 0.444 e. The molecule has 1 heterocycles. The lowest BCUT2D eigenvalue weighted by Gasteiger charge is -2.37. The molecule has 0 saturated heterocycles. The molecule has 1 aliphatic carbocycles. The van der Waals surface area contributed by atoms with E-state index in [1.54, 1.807) is 6.20 Å². The van der Waals surface area contributed by atoms with Gasteiger partial charge in [-0.15, -0.1) is 0 Å². The summed E-state index contributed by atoms with van der Waals surface area (Å²) >= 11 is 0. The predicted octanol–water partition coefficient (Wildman–Crippen LogP) is 2.62. The van der Waals surface area contributed by atoms with Crippen LogP contribution in [0.5, 0.6) is 0 Å². The highest BCUT2D eigenvalue weighted by atomic mass is 16.6. The second kappa shape index (κ2) is 6.42. The van der Waals surface area contributed by atoms with Crippen LogP contribution in [-0.2, 0) is 4.74 Å². The van der Waals surface area contributed by atoms with Crippen molar-refractivity contribution in [3.05, 3.63) is 18.3 Å². The summed E-state index contributed by atoms with van der Waals surface area (Å²) in [4.78, 5) is 18.1. The topological polar surface area (TPSA) is 66.5 Å². The van der Waals surface area contributed by atoms with Crippen LogP contribution in [0.15, 0.2) is 18.3 Å². The standard InChI is InChI=1S/C16H26N4O2/c1-16(2,3)22-15(21)19-12-9-11(10-12)18-13-7-6-8-17-14(13)20(4)5/h6-8,11-12,18H,9-10H2,1-5H3,(H,19,21). The molecule has 0 radical (unpaired) electrons. The maximum atomic E-state index is 11.7. The number of ether oxygens (including phenoxy) is 1. The van der Waals surface area contributed by atoms with Gasteiger partial charge in [0.15, 0.2) is 5.82 Å². The Bertz CT molecular complexity index is 519. The molecule has 6 heteroatoms. The number of amides is 1. The first-order valence-electron chi connectivity index (χ1n) is 7.63. The fourth-order valence-corrected chi connectivity index (χ4v) is 2.41.